The summed E-state index contributed by atoms with van der Waals surface area (Å²) in [5, 5.41) is 2.95. The maximum absolute atomic E-state index is 12.2. The van der Waals surface area contributed by atoms with Gasteiger partial charge in [0.25, 0.3) is 0 Å². The summed E-state index contributed by atoms with van der Waals surface area (Å²) in [4.78, 5) is 12.2. The highest BCUT2D eigenvalue weighted by Crippen LogP contribution is 2.32. The van der Waals surface area contributed by atoms with E-state index in [-0.39, 0.29) is 17.4 Å². The molecular formula is C16H24N2O3. The Morgan fingerprint density at radius 1 is 1.24 bits per heavy atom. The third-order valence-electron chi connectivity index (χ3n) is 3.64. The largest absolute Gasteiger partial charge is 0.486 e. The number of carbonyl (C=O) groups excluding carboxylic acids is 1. The van der Waals surface area contributed by atoms with Gasteiger partial charge in [-0.25, -0.2) is 0 Å². The summed E-state index contributed by atoms with van der Waals surface area (Å²) in [6.07, 6.45) is 0. The highest BCUT2D eigenvalue weighted by Gasteiger charge is 2.28. The lowest BCUT2D eigenvalue weighted by atomic mass is 9.86. The summed E-state index contributed by atoms with van der Waals surface area (Å²) in [5.74, 6) is 1.32. The molecule has 0 saturated carbocycles. The van der Waals surface area contributed by atoms with E-state index >= 15 is 0 Å². The fourth-order valence-corrected chi connectivity index (χ4v) is 2.11. The SMILES string of the molecule is CC(NC(=O)[C@H](N)C(C)(C)C)c1ccc2c(c1)OCCO2. The molecule has 3 N–H and O–H groups in total. The zero-order chi connectivity index (χ0) is 15.6. The van der Waals surface area contributed by atoms with Crippen LogP contribution in [0.3, 0.4) is 0 Å². The summed E-state index contributed by atoms with van der Waals surface area (Å²) in [7, 11) is 0. The van der Waals surface area contributed by atoms with Gasteiger partial charge in [-0.3, -0.25) is 4.79 Å². The normalized spacial score (nSPS) is 17.0. The minimum Gasteiger partial charge on any atom is -0.486 e. The molecule has 5 heteroatoms. The number of benzene rings is 1. The first-order chi connectivity index (χ1) is 9.79. The van der Waals surface area contributed by atoms with Gasteiger partial charge in [-0.15, -0.1) is 0 Å². The van der Waals surface area contributed by atoms with Crippen LogP contribution in [0.2, 0.25) is 0 Å². The number of nitrogens with one attached hydrogen (secondary N) is 1. The Morgan fingerprint density at radius 3 is 2.48 bits per heavy atom. The molecule has 0 bridgehead atoms. The predicted octanol–water partition coefficient (Wildman–Crippen LogP) is 2.01. The molecule has 2 rings (SSSR count). The molecule has 0 saturated heterocycles. The molecule has 1 aliphatic rings. The van der Waals surface area contributed by atoms with Crippen molar-refractivity contribution in [3.8, 4) is 11.5 Å². The van der Waals surface area contributed by atoms with E-state index in [4.69, 9.17) is 15.2 Å². The van der Waals surface area contributed by atoms with Crippen molar-refractivity contribution in [2.75, 3.05) is 13.2 Å². The molecule has 1 aromatic carbocycles. The first-order valence-corrected chi connectivity index (χ1v) is 7.24. The summed E-state index contributed by atoms with van der Waals surface area (Å²) in [6, 6.07) is 5.03. The van der Waals surface area contributed by atoms with Crippen LogP contribution in [0.25, 0.3) is 0 Å². The monoisotopic (exact) mass is 292 g/mol. The van der Waals surface area contributed by atoms with E-state index < -0.39 is 6.04 Å². The zero-order valence-electron chi connectivity index (χ0n) is 13.1. The highest BCUT2D eigenvalue weighted by atomic mass is 16.6. The molecule has 116 valence electrons. The minimum absolute atomic E-state index is 0.137. The Hall–Kier alpha value is -1.75. The Balaban J connectivity index is 2.07. The molecule has 5 nitrogen and oxygen atoms in total. The molecule has 1 amide bonds. The molecule has 1 aromatic rings. The smallest absolute Gasteiger partial charge is 0.237 e. The number of rotatable bonds is 3. The minimum atomic E-state index is -0.544. The number of carbonyl (C=O) groups is 1. The Morgan fingerprint density at radius 2 is 1.86 bits per heavy atom. The van der Waals surface area contributed by atoms with Crippen LogP contribution in [-0.2, 0) is 4.79 Å². The van der Waals surface area contributed by atoms with Crippen LogP contribution in [-0.4, -0.2) is 25.2 Å². The first-order valence-electron chi connectivity index (χ1n) is 7.24. The first kappa shape index (κ1) is 15.6. The van der Waals surface area contributed by atoms with Gasteiger partial charge in [-0.05, 0) is 30.0 Å². The quantitative estimate of drug-likeness (QED) is 0.893. The van der Waals surface area contributed by atoms with Gasteiger partial charge in [-0.2, -0.15) is 0 Å². The maximum atomic E-state index is 12.2. The van der Waals surface area contributed by atoms with Crippen LogP contribution >= 0.6 is 0 Å². The lowest BCUT2D eigenvalue weighted by Gasteiger charge is -2.28. The second-order valence-corrected chi connectivity index (χ2v) is 6.48. The van der Waals surface area contributed by atoms with Crippen molar-refractivity contribution < 1.29 is 14.3 Å². The molecular weight excluding hydrogens is 268 g/mol. The van der Waals surface area contributed by atoms with Gasteiger partial charge in [-0.1, -0.05) is 26.8 Å². The van der Waals surface area contributed by atoms with Gasteiger partial charge < -0.3 is 20.5 Å². The van der Waals surface area contributed by atoms with Crippen LogP contribution in [0.4, 0.5) is 0 Å². The van der Waals surface area contributed by atoms with Gasteiger partial charge in [0.2, 0.25) is 5.91 Å². The van der Waals surface area contributed by atoms with Gasteiger partial charge in [0, 0.05) is 0 Å². The summed E-state index contributed by atoms with van der Waals surface area (Å²) in [5.41, 5.74) is 6.67. The van der Waals surface area contributed by atoms with Crippen molar-refractivity contribution in [2.45, 2.75) is 39.8 Å². The molecule has 0 aliphatic carbocycles. The van der Waals surface area contributed by atoms with Crippen molar-refractivity contribution in [3.05, 3.63) is 23.8 Å². The maximum Gasteiger partial charge on any atom is 0.237 e. The summed E-state index contributed by atoms with van der Waals surface area (Å²) >= 11 is 0. The van der Waals surface area contributed by atoms with Crippen LogP contribution in [0.1, 0.15) is 39.3 Å². The molecule has 21 heavy (non-hydrogen) atoms. The van der Waals surface area contributed by atoms with Crippen LogP contribution in [0.15, 0.2) is 18.2 Å². The van der Waals surface area contributed by atoms with E-state index in [0.29, 0.717) is 13.2 Å². The topological polar surface area (TPSA) is 73.6 Å². The standard InChI is InChI=1S/C16H24N2O3/c1-10(18-15(19)14(17)16(2,3)4)11-5-6-12-13(9-11)21-8-7-20-12/h5-6,9-10,14H,7-8,17H2,1-4H3,(H,18,19)/t10?,14-/m0/s1. The summed E-state index contributed by atoms with van der Waals surface area (Å²) in [6.45, 7) is 8.90. The second-order valence-electron chi connectivity index (χ2n) is 6.48. The Labute approximate surface area is 125 Å². The molecule has 0 fully saturated rings. The molecule has 1 aliphatic heterocycles. The number of hydrogen-bond donors (Lipinski definition) is 2. The molecule has 1 heterocycles. The number of ether oxygens (including phenoxy) is 2. The molecule has 0 radical (unpaired) electrons. The second kappa shape index (κ2) is 5.93. The fourth-order valence-electron chi connectivity index (χ4n) is 2.11. The van der Waals surface area contributed by atoms with E-state index in [2.05, 4.69) is 5.32 Å². The van der Waals surface area contributed by atoms with Gasteiger partial charge in [0.15, 0.2) is 11.5 Å². The average Bonchev–Trinajstić information content (AvgIpc) is 2.44. The zero-order valence-corrected chi connectivity index (χ0v) is 13.1. The predicted molar refractivity (Wildman–Crippen MR) is 81.4 cm³/mol. The van der Waals surface area contributed by atoms with E-state index in [1.54, 1.807) is 0 Å². The van der Waals surface area contributed by atoms with E-state index in [1.807, 2.05) is 45.9 Å². The molecule has 2 atom stereocenters. The van der Waals surface area contributed by atoms with E-state index in [0.717, 1.165) is 17.1 Å². The highest BCUT2D eigenvalue weighted by molar-refractivity contribution is 5.82. The Kier molecular flexibility index (Phi) is 4.42. The number of nitrogens with two attached hydrogens (primary N) is 1. The third-order valence-corrected chi connectivity index (χ3v) is 3.64. The molecule has 1 unspecified atom stereocenters. The molecule has 0 spiro atoms. The van der Waals surface area contributed by atoms with Crippen molar-refractivity contribution in [1.29, 1.82) is 0 Å². The van der Waals surface area contributed by atoms with Gasteiger partial charge in [0.1, 0.15) is 13.2 Å². The number of fused-ring (bicyclic) bond motifs is 1. The molecule has 0 aromatic heterocycles. The van der Waals surface area contributed by atoms with Crippen molar-refractivity contribution in [3.63, 3.8) is 0 Å². The van der Waals surface area contributed by atoms with Gasteiger partial charge >= 0.3 is 0 Å². The van der Waals surface area contributed by atoms with Gasteiger partial charge in [0.05, 0.1) is 12.1 Å². The third kappa shape index (κ3) is 3.67. The van der Waals surface area contributed by atoms with E-state index in [9.17, 15) is 4.79 Å². The van der Waals surface area contributed by atoms with Crippen molar-refractivity contribution >= 4 is 5.91 Å². The number of hydrogen-bond acceptors (Lipinski definition) is 4. The van der Waals surface area contributed by atoms with Crippen LogP contribution < -0.4 is 20.5 Å². The average molecular weight is 292 g/mol. The van der Waals surface area contributed by atoms with Crippen molar-refractivity contribution in [1.82, 2.24) is 5.32 Å². The van der Waals surface area contributed by atoms with Crippen LogP contribution in [0, 0.1) is 5.41 Å². The Bertz CT molecular complexity index is 523. The lowest BCUT2D eigenvalue weighted by Crippen LogP contribution is -2.49. The van der Waals surface area contributed by atoms with Crippen molar-refractivity contribution in [2.24, 2.45) is 11.1 Å². The van der Waals surface area contributed by atoms with Crippen LogP contribution in [0.5, 0.6) is 11.5 Å². The number of amides is 1. The lowest BCUT2D eigenvalue weighted by molar-refractivity contribution is -0.125. The van der Waals surface area contributed by atoms with E-state index in [1.165, 1.54) is 0 Å². The fraction of sp³-hybridized carbons (Fsp3) is 0.562. The summed E-state index contributed by atoms with van der Waals surface area (Å²) < 4.78 is 11.0.